The highest BCUT2D eigenvalue weighted by Crippen LogP contribution is 2.32. The minimum Gasteiger partial charge on any atom is -0.493 e. The number of rotatable bonds is 7. The van der Waals surface area contributed by atoms with Crippen LogP contribution < -0.4 is 14.8 Å². The van der Waals surface area contributed by atoms with Gasteiger partial charge in [0.15, 0.2) is 11.5 Å². The first-order valence-electron chi connectivity index (χ1n) is 8.19. The largest absolute Gasteiger partial charge is 0.493 e. The molecule has 26 heavy (non-hydrogen) atoms. The van der Waals surface area contributed by atoms with Gasteiger partial charge in [-0.1, -0.05) is 12.1 Å². The van der Waals surface area contributed by atoms with Crippen molar-refractivity contribution < 1.29 is 24.2 Å². The summed E-state index contributed by atoms with van der Waals surface area (Å²) in [6.07, 6.45) is 0.177. The predicted molar refractivity (Wildman–Crippen MR) is 97.9 cm³/mol. The molecule has 1 atom stereocenters. The molecule has 2 aromatic carbocycles. The fraction of sp³-hybridized carbons (Fsp3) is 0.300. The molecule has 6 nitrogen and oxygen atoms in total. The molecule has 2 rings (SSSR count). The highest BCUT2D eigenvalue weighted by Gasteiger charge is 2.16. The standard InChI is InChI=1S/C20H23NO5/c1-12-9-17(25-3)18(26-4)11-16(12)13(2)21-19(22)10-14-5-7-15(8-6-14)20(23)24/h5-9,11,13H,10H2,1-4H3,(H,21,22)(H,23,24). The molecule has 0 fully saturated rings. The van der Waals surface area contributed by atoms with E-state index in [4.69, 9.17) is 14.6 Å². The number of aromatic carboxylic acids is 1. The van der Waals surface area contributed by atoms with Gasteiger partial charge in [-0.05, 0) is 54.8 Å². The topological polar surface area (TPSA) is 84.9 Å². The maximum Gasteiger partial charge on any atom is 0.335 e. The maximum atomic E-state index is 12.3. The van der Waals surface area contributed by atoms with Gasteiger partial charge in [0.1, 0.15) is 0 Å². The summed E-state index contributed by atoms with van der Waals surface area (Å²) in [4.78, 5) is 23.2. The van der Waals surface area contributed by atoms with Crippen LogP contribution in [0.4, 0.5) is 0 Å². The van der Waals surface area contributed by atoms with Crippen molar-refractivity contribution in [1.29, 1.82) is 0 Å². The third kappa shape index (κ3) is 4.53. The average molecular weight is 357 g/mol. The van der Waals surface area contributed by atoms with E-state index in [0.717, 1.165) is 16.7 Å². The Morgan fingerprint density at radius 1 is 1.08 bits per heavy atom. The SMILES string of the molecule is COc1cc(C)c(C(C)NC(=O)Cc2ccc(C(=O)O)cc2)cc1OC. The third-order valence-electron chi connectivity index (χ3n) is 4.18. The van der Waals surface area contributed by atoms with Gasteiger partial charge in [-0.15, -0.1) is 0 Å². The molecule has 2 N–H and O–H groups in total. The molecule has 0 aliphatic rings. The molecule has 0 saturated carbocycles. The summed E-state index contributed by atoms with van der Waals surface area (Å²) in [7, 11) is 3.15. The van der Waals surface area contributed by atoms with Gasteiger partial charge >= 0.3 is 5.97 Å². The van der Waals surface area contributed by atoms with E-state index in [9.17, 15) is 9.59 Å². The number of hydrogen-bond donors (Lipinski definition) is 2. The molecule has 1 unspecified atom stereocenters. The average Bonchev–Trinajstić information content (AvgIpc) is 2.61. The number of carboxylic acid groups (broad SMARTS) is 1. The van der Waals surface area contributed by atoms with Crippen LogP contribution in [0.15, 0.2) is 36.4 Å². The minimum atomic E-state index is -0.987. The van der Waals surface area contributed by atoms with Gasteiger partial charge < -0.3 is 19.9 Å². The number of carbonyl (C=O) groups excluding carboxylic acids is 1. The van der Waals surface area contributed by atoms with Crippen LogP contribution >= 0.6 is 0 Å². The highest BCUT2D eigenvalue weighted by atomic mass is 16.5. The quantitative estimate of drug-likeness (QED) is 0.795. The predicted octanol–water partition coefficient (Wildman–Crippen LogP) is 3.13. The Morgan fingerprint density at radius 2 is 1.65 bits per heavy atom. The van der Waals surface area contributed by atoms with Crippen LogP contribution in [0.3, 0.4) is 0 Å². The van der Waals surface area contributed by atoms with Gasteiger partial charge in [-0.3, -0.25) is 4.79 Å². The van der Waals surface area contributed by atoms with Gasteiger partial charge in [-0.2, -0.15) is 0 Å². The van der Waals surface area contributed by atoms with Gasteiger partial charge in [0.2, 0.25) is 5.91 Å². The second kappa shape index (κ2) is 8.38. The first kappa shape index (κ1) is 19.3. The number of hydrogen-bond acceptors (Lipinski definition) is 4. The lowest BCUT2D eigenvalue weighted by Gasteiger charge is -2.19. The number of amides is 1. The second-order valence-electron chi connectivity index (χ2n) is 6.03. The Balaban J connectivity index is 2.08. The van der Waals surface area contributed by atoms with Crippen molar-refractivity contribution >= 4 is 11.9 Å². The Kier molecular flexibility index (Phi) is 6.22. The summed E-state index contributed by atoms with van der Waals surface area (Å²) < 4.78 is 10.6. The molecule has 138 valence electrons. The smallest absolute Gasteiger partial charge is 0.335 e. The van der Waals surface area contributed by atoms with E-state index < -0.39 is 5.97 Å². The number of aryl methyl sites for hydroxylation is 1. The van der Waals surface area contributed by atoms with E-state index in [1.165, 1.54) is 12.1 Å². The van der Waals surface area contributed by atoms with Crippen molar-refractivity contribution in [1.82, 2.24) is 5.32 Å². The zero-order valence-corrected chi connectivity index (χ0v) is 15.3. The van der Waals surface area contributed by atoms with Crippen molar-refractivity contribution in [2.45, 2.75) is 26.3 Å². The molecule has 1 amide bonds. The monoisotopic (exact) mass is 357 g/mol. The first-order chi connectivity index (χ1) is 12.3. The molecule has 0 heterocycles. The molecule has 2 aromatic rings. The fourth-order valence-corrected chi connectivity index (χ4v) is 2.78. The van der Waals surface area contributed by atoms with Gasteiger partial charge in [0, 0.05) is 0 Å². The third-order valence-corrected chi connectivity index (χ3v) is 4.18. The number of carbonyl (C=O) groups is 2. The van der Waals surface area contributed by atoms with Gasteiger partial charge in [0.25, 0.3) is 0 Å². The Morgan fingerprint density at radius 3 is 2.19 bits per heavy atom. The Hall–Kier alpha value is -3.02. The number of nitrogens with one attached hydrogen (secondary N) is 1. The fourth-order valence-electron chi connectivity index (χ4n) is 2.78. The molecule has 0 saturated heterocycles. The van der Waals surface area contributed by atoms with Crippen molar-refractivity contribution in [3.05, 3.63) is 58.7 Å². The van der Waals surface area contributed by atoms with Crippen molar-refractivity contribution in [2.24, 2.45) is 0 Å². The molecule has 0 aliphatic carbocycles. The molecular formula is C20H23NO5. The lowest BCUT2D eigenvalue weighted by Crippen LogP contribution is -2.28. The number of ether oxygens (including phenoxy) is 2. The normalized spacial score (nSPS) is 11.5. The molecule has 0 aliphatic heterocycles. The zero-order valence-electron chi connectivity index (χ0n) is 15.3. The molecular weight excluding hydrogens is 334 g/mol. The van der Waals surface area contributed by atoms with Crippen LogP contribution in [0.1, 0.15) is 40.0 Å². The summed E-state index contributed by atoms with van der Waals surface area (Å²) in [5, 5.41) is 11.9. The Labute approximate surface area is 152 Å². The molecule has 6 heteroatoms. The van der Waals surface area contributed by atoms with Crippen LogP contribution in [-0.2, 0) is 11.2 Å². The van der Waals surface area contributed by atoms with Crippen LogP contribution in [0.2, 0.25) is 0 Å². The number of benzene rings is 2. The number of carboxylic acids is 1. The maximum absolute atomic E-state index is 12.3. The van der Waals surface area contributed by atoms with Crippen molar-refractivity contribution in [3.8, 4) is 11.5 Å². The molecule has 0 spiro atoms. The van der Waals surface area contributed by atoms with Gasteiger partial charge in [0.05, 0.1) is 32.2 Å². The van der Waals surface area contributed by atoms with E-state index in [2.05, 4.69) is 5.32 Å². The summed E-state index contributed by atoms with van der Waals surface area (Å²) in [5.41, 5.74) is 2.88. The summed E-state index contributed by atoms with van der Waals surface area (Å²) in [5.74, 6) is 0.123. The molecule has 0 aromatic heterocycles. The van der Waals surface area contributed by atoms with E-state index in [1.54, 1.807) is 26.4 Å². The van der Waals surface area contributed by atoms with Crippen molar-refractivity contribution in [3.63, 3.8) is 0 Å². The lowest BCUT2D eigenvalue weighted by molar-refractivity contribution is -0.121. The highest BCUT2D eigenvalue weighted by molar-refractivity contribution is 5.87. The van der Waals surface area contributed by atoms with Crippen LogP contribution in [0, 0.1) is 6.92 Å². The summed E-state index contributed by atoms with van der Waals surface area (Å²) >= 11 is 0. The van der Waals surface area contributed by atoms with E-state index in [-0.39, 0.29) is 23.9 Å². The molecule has 0 radical (unpaired) electrons. The summed E-state index contributed by atoms with van der Waals surface area (Å²) in [6.45, 7) is 3.85. The van der Waals surface area contributed by atoms with E-state index in [0.29, 0.717) is 11.5 Å². The van der Waals surface area contributed by atoms with E-state index in [1.807, 2.05) is 26.0 Å². The van der Waals surface area contributed by atoms with Crippen LogP contribution in [0.25, 0.3) is 0 Å². The zero-order chi connectivity index (χ0) is 19.3. The Bertz CT molecular complexity index is 799. The van der Waals surface area contributed by atoms with E-state index >= 15 is 0 Å². The minimum absolute atomic E-state index is 0.144. The van der Waals surface area contributed by atoms with Crippen LogP contribution in [-0.4, -0.2) is 31.2 Å². The second-order valence-corrected chi connectivity index (χ2v) is 6.03. The first-order valence-corrected chi connectivity index (χ1v) is 8.19. The van der Waals surface area contributed by atoms with Gasteiger partial charge in [-0.25, -0.2) is 4.79 Å². The van der Waals surface area contributed by atoms with Crippen LogP contribution in [0.5, 0.6) is 11.5 Å². The lowest BCUT2D eigenvalue weighted by atomic mass is 10.0. The summed E-state index contributed by atoms with van der Waals surface area (Å²) in [6, 6.07) is 9.81. The van der Waals surface area contributed by atoms with Crippen molar-refractivity contribution in [2.75, 3.05) is 14.2 Å². The number of methoxy groups -OCH3 is 2. The molecule has 0 bridgehead atoms.